The fraction of sp³-hybridized carbons (Fsp3) is 0.0952. The van der Waals surface area contributed by atoms with Crippen LogP contribution in [0.25, 0.3) is 0 Å². The normalized spacial score (nSPS) is 9.89. The van der Waals surface area contributed by atoms with Gasteiger partial charge in [0.2, 0.25) is 0 Å². The maximum atomic E-state index is 12.6. The smallest absolute Gasteiger partial charge is 0.257 e. The molecule has 1 aromatic heterocycles. The number of benzene rings is 2. The molecule has 2 N–H and O–H groups in total. The molecule has 1 heterocycles. The fourth-order valence-corrected chi connectivity index (χ4v) is 2.59. The van der Waals surface area contributed by atoms with Crippen LogP contribution in [0.3, 0.4) is 0 Å². The van der Waals surface area contributed by atoms with Crippen molar-refractivity contribution in [3.63, 3.8) is 0 Å². The van der Waals surface area contributed by atoms with Crippen LogP contribution in [0.5, 0.6) is 11.5 Å². The van der Waals surface area contributed by atoms with Gasteiger partial charge in [0.15, 0.2) is 11.5 Å². The van der Waals surface area contributed by atoms with Crippen LogP contribution in [-0.4, -0.2) is 25.1 Å². The summed E-state index contributed by atoms with van der Waals surface area (Å²) in [6.07, 6.45) is 3.05. The second kappa shape index (κ2) is 8.56. The van der Waals surface area contributed by atoms with E-state index in [-0.39, 0.29) is 5.91 Å². The third-order valence-corrected chi connectivity index (χ3v) is 3.97. The van der Waals surface area contributed by atoms with Crippen LogP contribution in [0.2, 0.25) is 0 Å². The Labute approximate surface area is 162 Å². The van der Waals surface area contributed by atoms with Gasteiger partial charge in [-0.25, -0.2) is 0 Å². The van der Waals surface area contributed by atoms with Gasteiger partial charge in [-0.15, -0.1) is 0 Å². The third-order valence-electron chi connectivity index (χ3n) is 3.97. The van der Waals surface area contributed by atoms with Gasteiger partial charge in [-0.1, -0.05) is 12.1 Å². The molecule has 0 aliphatic heterocycles. The van der Waals surface area contributed by atoms with Crippen LogP contribution in [0.15, 0.2) is 60.9 Å². The number of nitriles is 1. The Morgan fingerprint density at radius 3 is 2.54 bits per heavy atom. The topological polar surface area (TPSA) is 96.3 Å². The highest BCUT2D eigenvalue weighted by molar-refractivity contribution is 6.04. The number of carbonyl (C=O) groups excluding carboxylic acids is 1. The van der Waals surface area contributed by atoms with E-state index in [1.807, 2.05) is 6.07 Å². The molecule has 0 fully saturated rings. The summed E-state index contributed by atoms with van der Waals surface area (Å²) in [6, 6.07) is 16.0. The lowest BCUT2D eigenvalue weighted by atomic mass is 10.2. The molecule has 28 heavy (non-hydrogen) atoms. The molecule has 0 spiro atoms. The number of rotatable bonds is 6. The number of aromatic nitrogens is 1. The van der Waals surface area contributed by atoms with Gasteiger partial charge in [0, 0.05) is 18.0 Å². The minimum Gasteiger partial charge on any atom is -0.493 e. The molecular formula is C21H18N4O3. The number of para-hydroxylation sites is 1. The van der Waals surface area contributed by atoms with Gasteiger partial charge >= 0.3 is 0 Å². The van der Waals surface area contributed by atoms with Gasteiger partial charge < -0.3 is 20.1 Å². The molecule has 0 aliphatic carbocycles. The molecule has 0 unspecified atom stereocenters. The molecule has 1 amide bonds. The molecule has 7 heteroatoms. The van der Waals surface area contributed by atoms with Gasteiger partial charge in [0.25, 0.3) is 5.91 Å². The number of hydrogen-bond donors (Lipinski definition) is 2. The summed E-state index contributed by atoms with van der Waals surface area (Å²) in [5, 5.41) is 15.1. The first kappa shape index (κ1) is 18.7. The highest BCUT2D eigenvalue weighted by atomic mass is 16.5. The molecule has 2 aromatic carbocycles. The summed E-state index contributed by atoms with van der Waals surface area (Å²) >= 11 is 0. The molecule has 140 valence electrons. The van der Waals surface area contributed by atoms with E-state index < -0.39 is 0 Å². The Morgan fingerprint density at radius 2 is 1.79 bits per heavy atom. The van der Waals surface area contributed by atoms with Gasteiger partial charge in [-0.2, -0.15) is 5.26 Å². The lowest BCUT2D eigenvalue weighted by molar-refractivity contribution is 0.102. The molecule has 0 atom stereocenters. The number of anilines is 3. The van der Waals surface area contributed by atoms with E-state index in [1.165, 1.54) is 13.3 Å². The quantitative estimate of drug-likeness (QED) is 0.678. The predicted molar refractivity (Wildman–Crippen MR) is 106 cm³/mol. The van der Waals surface area contributed by atoms with Gasteiger partial charge in [-0.05, 0) is 30.3 Å². The maximum Gasteiger partial charge on any atom is 0.257 e. The van der Waals surface area contributed by atoms with Crippen molar-refractivity contribution < 1.29 is 14.3 Å². The molecule has 7 nitrogen and oxygen atoms in total. The zero-order chi connectivity index (χ0) is 19.9. The molecule has 3 rings (SSSR count). The van der Waals surface area contributed by atoms with E-state index in [9.17, 15) is 10.1 Å². The minimum atomic E-state index is -0.322. The van der Waals surface area contributed by atoms with Crippen LogP contribution in [-0.2, 0) is 0 Å². The summed E-state index contributed by atoms with van der Waals surface area (Å²) in [5.41, 5.74) is 2.68. The number of methoxy groups -OCH3 is 2. The molecule has 0 bridgehead atoms. The molecule has 0 saturated heterocycles. The molecule has 3 aromatic rings. The number of amides is 1. The van der Waals surface area contributed by atoms with Crippen molar-refractivity contribution in [3.8, 4) is 17.6 Å². The summed E-state index contributed by atoms with van der Waals surface area (Å²) in [7, 11) is 3.08. The number of carbonyl (C=O) groups is 1. The second-order valence-electron chi connectivity index (χ2n) is 5.77. The van der Waals surface area contributed by atoms with Crippen molar-refractivity contribution in [1.29, 1.82) is 5.26 Å². The largest absolute Gasteiger partial charge is 0.493 e. The van der Waals surface area contributed by atoms with Crippen molar-refractivity contribution in [3.05, 3.63) is 72.1 Å². The predicted octanol–water partition coefficient (Wildman–Crippen LogP) is 3.97. The van der Waals surface area contributed by atoms with Crippen molar-refractivity contribution >= 4 is 23.0 Å². The van der Waals surface area contributed by atoms with Crippen molar-refractivity contribution in [2.75, 3.05) is 24.9 Å². The number of nitrogens with zero attached hydrogens (tertiary/aromatic N) is 2. The van der Waals surface area contributed by atoms with Gasteiger partial charge in [0.05, 0.1) is 42.9 Å². The van der Waals surface area contributed by atoms with Crippen molar-refractivity contribution in [1.82, 2.24) is 4.98 Å². The fourth-order valence-electron chi connectivity index (χ4n) is 2.59. The highest BCUT2D eigenvalue weighted by Crippen LogP contribution is 2.30. The van der Waals surface area contributed by atoms with E-state index in [1.54, 1.807) is 55.8 Å². The van der Waals surface area contributed by atoms with E-state index in [2.05, 4.69) is 21.7 Å². The zero-order valence-electron chi connectivity index (χ0n) is 15.4. The van der Waals surface area contributed by atoms with Gasteiger partial charge in [-0.3, -0.25) is 9.78 Å². The molecule has 0 saturated carbocycles. The summed E-state index contributed by atoms with van der Waals surface area (Å²) in [5.74, 6) is 0.767. The highest BCUT2D eigenvalue weighted by Gasteiger charge is 2.11. The summed E-state index contributed by atoms with van der Waals surface area (Å²) < 4.78 is 10.4. The van der Waals surface area contributed by atoms with E-state index >= 15 is 0 Å². The average Bonchev–Trinajstić information content (AvgIpc) is 2.74. The summed E-state index contributed by atoms with van der Waals surface area (Å²) in [6.45, 7) is 0. The van der Waals surface area contributed by atoms with Crippen LogP contribution >= 0.6 is 0 Å². The van der Waals surface area contributed by atoms with Crippen LogP contribution < -0.4 is 20.1 Å². The lowest BCUT2D eigenvalue weighted by Crippen LogP contribution is -2.12. The Kier molecular flexibility index (Phi) is 5.72. The monoisotopic (exact) mass is 374 g/mol. The molecular weight excluding hydrogens is 356 g/mol. The number of pyridine rings is 1. The Bertz CT molecular complexity index is 1040. The molecule has 0 radical (unpaired) electrons. The minimum absolute atomic E-state index is 0.322. The first-order valence-corrected chi connectivity index (χ1v) is 8.39. The van der Waals surface area contributed by atoms with Crippen molar-refractivity contribution in [2.24, 2.45) is 0 Å². The molecule has 0 aliphatic rings. The zero-order valence-corrected chi connectivity index (χ0v) is 15.4. The first-order valence-electron chi connectivity index (χ1n) is 8.39. The number of ether oxygens (including phenoxy) is 2. The standard InChI is InChI=1S/C21H18N4O3/c1-27-19-8-7-16(10-20(19)28-2)25-21(26)15-9-17(13-23-12-15)24-18-6-4-3-5-14(18)11-22/h3-10,12-13,24H,1-2H3,(H,25,26). The third kappa shape index (κ3) is 4.19. The van der Waals surface area contributed by atoms with E-state index in [0.717, 1.165) is 0 Å². The SMILES string of the molecule is COc1ccc(NC(=O)c2cncc(Nc3ccccc3C#N)c2)cc1OC. The number of nitrogens with one attached hydrogen (secondary N) is 2. The second-order valence-corrected chi connectivity index (χ2v) is 5.77. The van der Waals surface area contributed by atoms with Crippen LogP contribution in [0, 0.1) is 11.3 Å². The maximum absolute atomic E-state index is 12.6. The van der Waals surface area contributed by atoms with Gasteiger partial charge in [0.1, 0.15) is 6.07 Å². The lowest BCUT2D eigenvalue weighted by Gasteiger charge is -2.11. The summed E-state index contributed by atoms with van der Waals surface area (Å²) in [4.78, 5) is 16.7. The Balaban J connectivity index is 1.78. The van der Waals surface area contributed by atoms with E-state index in [4.69, 9.17) is 9.47 Å². The Hall–Kier alpha value is -4.05. The Morgan fingerprint density at radius 1 is 1.00 bits per heavy atom. The van der Waals surface area contributed by atoms with Crippen molar-refractivity contribution in [2.45, 2.75) is 0 Å². The van der Waals surface area contributed by atoms with Crippen LogP contribution in [0.1, 0.15) is 15.9 Å². The van der Waals surface area contributed by atoms with Crippen LogP contribution in [0.4, 0.5) is 17.1 Å². The average molecular weight is 374 g/mol. The first-order chi connectivity index (χ1) is 13.6. The van der Waals surface area contributed by atoms with E-state index in [0.29, 0.717) is 39.7 Å². The number of hydrogen-bond acceptors (Lipinski definition) is 6.